The highest BCUT2D eigenvalue weighted by Crippen LogP contribution is 2.21. The number of benzene rings is 2. The van der Waals surface area contributed by atoms with Gasteiger partial charge in [0.2, 0.25) is 0 Å². The summed E-state index contributed by atoms with van der Waals surface area (Å²) in [6.45, 7) is 4.76. The first-order chi connectivity index (χ1) is 13.5. The summed E-state index contributed by atoms with van der Waals surface area (Å²) in [5.74, 6) is -0.267. The molecule has 144 valence electrons. The van der Waals surface area contributed by atoms with Gasteiger partial charge in [0.05, 0.1) is 0 Å². The van der Waals surface area contributed by atoms with Crippen LogP contribution in [0.25, 0.3) is 11.0 Å². The van der Waals surface area contributed by atoms with E-state index >= 15 is 0 Å². The van der Waals surface area contributed by atoms with Crippen LogP contribution >= 0.6 is 15.9 Å². The van der Waals surface area contributed by atoms with E-state index in [9.17, 15) is 9.59 Å². The van der Waals surface area contributed by atoms with Crippen molar-refractivity contribution in [3.05, 3.63) is 74.6 Å². The number of rotatable bonds is 3. The summed E-state index contributed by atoms with van der Waals surface area (Å²) in [5, 5.41) is 0.729. The number of halogens is 1. The Hall–Kier alpha value is -2.60. The van der Waals surface area contributed by atoms with Gasteiger partial charge in [-0.1, -0.05) is 35.0 Å². The lowest BCUT2D eigenvalue weighted by molar-refractivity contribution is 0.0742. The van der Waals surface area contributed by atoms with Gasteiger partial charge in [-0.15, -0.1) is 0 Å². The first kappa shape index (κ1) is 18.7. The molecule has 0 atom stereocenters. The molecule has 0 saturated carbocycles. The van der Waals surface area contributed by atoms with E-state index < -0.39 is 5.63 Å². The van der Waals surface area contributed by atoms with E-state index in [0.29, 0.717) is 18.7 Å². The Bertz CT molecular complexity index is 1070. The molecule has 0 spiro atoms. The summed E-state index contributed by atoms with van der Waals surface area (Å²) in [7, 11) is 0. The fourth-order valence-electron chi connectivity index (χ4n) is 3.52. The molecule has 1 aromatic heterocycles. The number of fused-ring (bicyclic) bond motifs is 1. The SMILES string of the molecule is CCc1ccc(N2CCN(C(=O)c3cc4cc(Br)ccc4oc3=O)CC2)cc1. The molecule has 28 heavy (non-hydrogen) atoms. The molecule has 6 heteroatoms. The van der Waals surface area contributed by atoms with Gasteiger partial charge in [-0.25, -0.2) is 4.79 Å². The number of anilines is 1. The predicted octanol–water partition coefficient (Wildman–Crippen LogP) is 4.08. The van der Waals surface area contributed by atoms with E-state index in [1.54, 1.807) is 23.1 Å². The fraction of sp³-hybridized carbons (Fsp3) is 0.273. The van der Waals surface area contributed by atoms with Crippen LogP contribution in [0.2, 0.25) is 0 Å². The summed E-state index contributed by atoms with van der Waals surface area (Å²) >= 11 is 3.41. The van der Waals surface area contributed by atoms with Gasteiger partial charge >= 0.3 is 5.63 Å². The lowest BCUT2D eigenvalue weighted by atomic mass is 10.1. The summed E-state index contributed by atoms with van der Waals surface area (Å²) < 4.78 is 6.21. The molecule has 2 heterocycles. The maximum absolute atomic E-state index is 12.9. The van der Waals surface area contributed by atoms with E-state index in [-0.39, 0.29) is 11.5 Å². The average Bonchev–Trinajstić information content (AvgIpc) is 2.73. The maximum Gasteiger partial charge on any atom is 0.349 e. The second-order valence-electron chi connectivity index (χ2n) is 6.93. The molecule has 0 unspecified atom stereocenters. The monoisotopic (exact) mass is 440 g/mol. The lowest BCUT2D eigenvalue weighted by Crippen LogP contribution is -2.49. The van der Waals surface area contributed by atoms with Crippen LogP contribution < -0.4 is 10.5 Å². The predicted molar refractivity (Wildman–Crippen MR) is 114 cm³/mol. The number of nitrogens with zero attached hydrogens (tertiary/aromatic N) is 2. The number of carbonyl (C=O) groups is 1. The van der Waals surface area contributed by atoms with Gasteiger partial charge in [0.1, 0.15) is 11.1 Å². The molecule has 4 rings (SSSR count). The van der Waals surface area contributed by atoms with Crippen molar-refractivity contribution in [2.24, 2.45) is 0 Å². The van der Waals surface area contributed by atoms with Gasteiger partial charge in [-0.3, -0.25) is 4.79 Å². The molecule has 0 aliphatic carbocycles. The summed E-state index contributed by atoms with van der Waals surface area (Å²) in [6.07, 6.45) is 1.02. The summed E-state index contributed by atoms with van der Waals surface area (Å²) in [4.78, 5) is 29.2. The Kier molecular flexibility index (Phi) is 5.22. The van der Waals surface area contributed by atoms with Crippen LogP contribution in [0.3, 0.4) is 0 Å². The smallest absolute Gasteiger partial charge is 0.349 e. The van der Waals surface area contributed by atoms with E-state index in [0.717, 1.165) is 29.4 Å². The molecule has 2 aromatic carbocycles. The van der Waals surface area contributed by atoms with Gasteiger partial charge in [0.25, 0.3) is 5.91 Å². The molecular weight excluding hydrogens is 420 g/mol. The number of hydrogen-bond donors (Lipinski definition) is 0. The fourth-order valence-corrected chi connectivity index (χ4v) is 3.90. The molecule has 1 amide bonds. The normalized spacial score (nSPS) is 14.5. The van der Waals surface area contributed by atoms with Gasteiger partial charge < -0.3 is 14.2 Å². The molecule has 0 radical (unpaired) electrons. The third-order valence-corrected chi connectivity index (χ3v) is 5.69. The van der Waals surface area contributed by atoms with Crippen molar-refractivity contribution in [2.75, 3.05) is 31.1 Å². The zero-order valence-corrected chi connectivity index (χ0v) is 17.2. The molecule has 0 bridgehead atoms. The van der Waals surface area contributed by atoms with Crippen LogP contribution in [0.5, 0.6) is 0 Å². The number of piperazine rings is 1. The van der Waals surface area contributed by atoms with Gasteiger partial charge in [0.15, 0.2) is 0 Å². The topological polar surface area (TPSA) is 53.8 Å². The van der Waals surface area contributed by atoms with Crippen molar-refractivity contribution < 1.29 is 9.21 Å². The van der Waals surface area contributed by atoms with Gasteiger partial charge in [-0.2, -0.15) is 0 Å². The molecule has 1 saturated heterocycles. The Morgan fingerprint density at radius 1 is 1.04 bits per heavy atom. The highest BCUT2D eigenvalue weighted by molar-refractivity contribution is 9.10. The zero-order chi connectivity index (χ0) is 19.7. The molecule has 5 nitrogen and oxygen atoms in total. The highest BCUT2D eigenvalue weighted by atomic mass is 79.9. The van der Waals surface area contributed by atoms with E-state index in [1.807, 2.05) is 6.07 Å². The average molecular weight is 441 g/mol. The van der Waals surface area contributed by atoms with Gasteiger partial charge in [0, 0.05) is 41.7 Å². The zero-order valence-electron chi connectivity index (χ0n) is 15.7. The number of hydrogen-bond acceptors (Lipinski definition) is 4. The second kappa shape index (κ2) is 7.80. The van der Waals surface area contributed by atoms with Crippen molar-refractivity contribution in [3.63, 3.8) is 0 Å². The maximum atomic E-state index is 12.9. The summed E-state index contributed by atoms with van der Waals surface area (Å²) in [6, 6.07) is 15.5. The van der Waals surface area contributed by atoms with Crippen molar-refractivity contribution in [1.82, 2.24) is 4.90 Å². The highest BCUT2D eigenvalue weighted by Gasteiger charge is 2.25. The van der Waals surface area contributed by atoms with Crippen molar-refractivity contribution in [2.45, 2.75) is 13.3 Å². The molecule has 1 aliphatic rings. The Labute approximate surface area is 171 Å². The van der Waals surface area contributed by atoms with Gasteiger partial charge in [-0.05, 0) is 48.4 Å². The van der Waals surface area contributed by atoms with Crippen LogP contribution in [0.4, 0.5) is 5.69 Å². The van der Waals surface area contributed by atoms with Crippen LogP contribution in [0, 0.1) is 0 Å². The molecular formula is C22H21BrN2O3. The third-order valence-electron chi connectivity index (χ3n) is 5.20. The van der Waals surface area contributed by atoms with Crippen molar-refractivity contribution >= 4 is 38.5 Å². The minimum Gasteiger partial charge on any atom is -0.422 e. The largest absolute Gasteiger partial charge is 0.422 e. The lowest BCUT2D eigenvalue weighted by Gasteiger charge is -2.36. The number of aryl methyl sites for hydroxylation is 1. The van der Waals surface area contributed by atoms with Crippen LogP contribution in [0.1, 0.15) is 22.8 Å². The molecule has 0 N–H and O–H groups in total. The van der Waals surface area contributed by atoms with Crippen molar-refractivity contribution in [1.29, 1.82) is 0 Å². The van der Waals surface area contributed by atoms with Crippen molar-refractivity contribution in [3.8, 4) is 0 Å². The quantitative estimate of drug-likeness (QED) is 0.575. The first-order valence-electron chi connectivity index (χ1n) is 9.42. The first-order valence-corrected chi connectivity index (χ1v) is 10.2. The number of amides is 1. The standard InChI is InChI=1S/C22H21BrN2O3/c1-2-15-3-6-18(7-4-15)24-9-11-25(12-10-24)21(26)19-14-16-13-17(23)5-8-20(16)28-22(19)27/h3-8,13-14H,2,9-12H2,1H3. The summed E-state index contributed by atoms with van der Waals surface area (Å²) in [5.41, 5.74) is 2.46. The second-order valence-corrected chi connectivity index (χ2v) is 7.84. The van der Waals surface area contributed by atoms with Crippen LogP contribution in [-0.4, -0.2) is 37.0 Å². The van der Waals surface area contributed by atoms with E-state index in [2.05, 4.69) is 52.0 Å². The Morgan fingerprint density at radius 2 is 1.75 bits per heavy atom. The minimum absolute atomic E-state index is 0.0892. The van der Waals surface area contributed by atoms with Crippen LogP contribution in [0.15, 0.2) is 62.2 Å². The Morgan fingerprint density at radius 3 is 2.43 bits per heavy atom. The molecule has 1 aliphatic heterocycles. The van der Waals surface area contributed by atoms with E-state index in [4.69, 9.17) is 4.42 Å². The Balaban J connectivity index is 1.50. The number of carbonyl (C=O) groups excluding carboxylic acids is 1. The molecule has 3 aromatic rings. The van der Waals surface area contributed by atoms with E-state index in [1.165, 1.54) is 11.3 Å². The molecule has 1 fully saturated rings. The minimum atomic E-state index is -0.586. The van der Waals surface area contributed by atoms with Crippen LogP contribution in [-0.2, 0) is 6.42 Å². The third kappa shape index (κ3) is 3.69.